The summed E-state index contributed by atoms with van der Waals surface area (Å²) >= 11 is 0. The van der Waals surface area contributed by atoms with E-state index in [-0.39, 0.29) is 23.7 Å². The van der Waals surface area contributed by atoms with Crippen molar-refractivity contribution >= 4 is 28.1 Å². The molecular formula is C25H28N4O4. The fourth-order valence-corrected chi connectivity index (χ4v) is 4.21. The van der Waals surface area contributed by atoms with Crippen LogP contribution < -0.4 is 10.1 Å². The first-order chi connectivity index (χ1) is 16.0. The Morgan fingerprint density at radius 2 is 1.76 bits per heavy atom. The molecule has 0 bridgehead atoms. The molecule has 8 heteroatoms. The highest BCUT2D eigenvalue weighted by Crippen LogP contribution is 2.29. The zero-order valence-electron chi connectivity index (χ0n) is 18.7. The molecule has 4 rings (SSSR count). The number of nitro benzene ring substituents is 1. The third-order valence-electron chi connectivity index (χ3n) is 6.07. The first-order valence-corrected chi connectivity index (χ1v) is 11.1. The van der Waals surface area contributed by atoms with Gasteiger partial charge in [0.2, 0.25) is 5.91 Å². The van der Waals surface area contributed by atoms with Crippen molar-refractivity contribution in [3.8, 4) is 5.75 Å². The molecule has 0 unspecified atom stereocenters. The lowest BCUT2D eigenvalue weighted by molar-refractivity contribution is -0.384. The Morgan fingerprint density at radius 3 is 2.52 bits per heavy atom. The lowest BCUT2D eigenvalue weighted by atomic mass is 10.0. The molecule has 33 heavy (non-hydrogen) atoms. The monoisotopic (exact) mass is 448 g/mol. The molecule has 8 nitrogen and oxygen atoms in total. The Kier molecular flexibility index (Phi) is 7.16. The Labute approximate surface area is 192 Å². The molecule has 1 heterocycles. The number of benzene rings is 3. The molecule has 0 spiro atoms. The number of hydrogen-bond donors (Lipinski definition) is 1. The Bertz CT molecular complexity index is 1140. The molecule has 1 N–H and O–H groups in total. The van der Waals surface area contributed by atoms with Gasteiger partial charge in [-0.25, -0.2) is 0 Å². The molecule has 1 fully saturated rings. The third-order valence-corrected chi connectivity index (χ3v) is 6.07. The average Bonchev–Trinajstić information content (AvgIpc) is 2.84. The highest BCUT2D eigenvalue weighted by Gasteiger charge is 2.20. The summed E-state index contributed by atoms with van der Waals surface area (Å²) in [6, 6.07) is 19.3. The molecule has 172 valence electrons. The molecule has 0 aliphatic carbocycles. The Balaban J connectivity index is 1.26. The Hall–Kier alpha value is -3.49. The van der Waals surface area contributed by atoms with Gasteiger partial charge in [-0.05, 0) is 28.5 Å². The Morgan fingerprint density at radius 1 is 1.03 bits per heavy atom. The predicted octanol–water partition coefficient (Wildman–Crippen LogP) is 3.90. The van der Waals surface area contributed by atoms with Crippen molar-refractivity contribution in [2.45, 2.75) is 13.0 Å². The number of rotatable bonds is 8. The third kappa shape index (κ3) is 5.66. The van der Waals surface area contributed by atoms with Gasteiger partial charge in [0.25, 0.3) is 5.69 Å². The van der Waals surface area contributed by atoms with Crippen molar-refractivity contribution in [2.75, 3.05) is 45.2 Å². The molecule has 1 saturated heterocycles. The molecule has 3 aromatic rings. The van der Waals surface area contributed by atoms with Gasteiger partial charge in [-0.3, -0.25) is 19.8 Å². The van der Waals surface area contributed by atoms with Crippen molar-refractivity contribution in [1.82, 2.24) is 9.80 Å². The molecule has 0 saturated carbocycles. The van der Waals surface area contributed by atoms with Crippen LogP contribution in [-0.2, 0) is 11.3 Å². The van der Waals surface area contributed by atoms with Crippen LogP contribution in [0, 0.1) is 10.1 Å². The normalized spacial score (nSPS) is 14.8. The maximum Gasteiger partial charge on any atom is 0.296 e. The summed E-state index contributed by atoms with van der Waals surface area (Å²) in [6.45, 7) is 5.19. The van der Waals surface area contributed by atoms with Gasteiger partial charge in [-0.15, -0.1) is 0 Å². The van der Waals surface area contributed by atoms with Gasteiger partial charge in [-0.1, -0.05) is 42.5 Å². The van der Waals surface area contributed by atoms with E-state index in [9.17, 15) is 14.9 Å². The first kappa shape index (κ1) is 22.7. The molecule has 1 amide bonds. The highest BCUT2D eigenvalue weighted by atomic mass is 16.6. The van der Waals surface area contributed by atoms with Crippen LogP contribution >= 0.6 is 0 Å². The molecule has 3 aromatic carbocycles. The van der Waals surface area contributed by atoms with E-state index in [0.717, 1.165) is 32.7 Å². The van der Waals surface area contributed by atoms with Crippen LogP contribution in [0.4, 0.5) is 11.4 Å². The summed E-state index contributed by atoms with van der Waals surface area (Å²) in [7, 11) is 1.44. The van der Waals surface area contributed by atoms with Gasteiger partial charge in [0.05, 0.1) is 18.1 Å². The zero-order valence-corrected chi connectivity index (χ0v) is 18.7. The number of nitrogens with zero attached hydrogens (tertiary/aromatic N) is 3. The minimum atomic E-state index is -0.521. The van der Waals surface area contributed by atoms with E-state index in [1.807, 2.05) is 0 Å². The first-order valence-electron chi connectivity index (χ1n) is 11.1. The van der Waals surface area contributed by atoms with Gasteiger partial charge in [0.1, 0.15) is 11.4 Å². The standard InChI is InChI=1S/C25H28N4O4/c1-33-21-9-10-23(24(17-21)29(31)32)26-25(30)11-12-27-13-15-28(16-14-27)18-20-7-4-6-19-5-2-3-8-22(19)20/h2-10,17H,11-16,18H2,1H3,(H,26,30). The fraction of sp³-hybridized carbons (Fsp3) is 0.320. The number of fused-ring (bicyclic) bond motifs is 1. The van der Waals surface area contributed by atoms with Gasteiger partial charge in [-0.2, -0.15) is 0 Å². The van der Waals surface area contributed by atoms with E-state index >= 15 is 0 Å². The second-order valence-electron chi connectivity index (χ2n) is 8.19. The summed E-state index contributed by atoms with van der Waals surface area (Å²) < 4.78 is 5.03. The number of carbonyl (C=O) groups excluding carboxylic acids is 1. The second kappa shape index (κ2) is 10.4. The van der Waals surface area contributed by atoms with Crippen LogP contribution in [-0.4, -0.2) is 60.5 Å². The van der Waals surface area contributed by atoms with Crippen LogP contribution in [0.2, 0.25) is 0 Å². The van der Waals surface area contributed by atoms with E-state index < -0.39 is 4.92 Å². The number of piperazine rings is 1. The number of hydrogen-bond acceptors (Lipinski definition) is 6. The number of anilines is 1. The van der Waals surface area contributed by atoms with Crippen LogP contribution in [0.25, 0.3) is 10.8 Å². The van der Waals surface area contributed by atoms with Gasteiger partial charge in [0, 0.05) is 45.7 Å². The van der Waals surface area contributed by atoms with E-state index in [0.29, 0.717) is 12.3 Å². The summed E-state index contributed by atoms with van der Waals surface area (Å²) in [5.74, 6) is 0.141. The molecule has 1 aliphatic rings. The number of methoxy groups -OCH3 is 1. The van der Waals surface area contributed by atoms with Crippen molar-refractivity contribution in [3.05, 3.63) is 76.3 Å². The molecule has 0 aromatic heterocycles. The number of nitro groups is 1. The number of nitrogens with one attached hydrogen (secondary N) is 1. The summed E-state index contributed by atoms with van der Waals surface area (Å²) in [5, 5.41) is 16.5. The predicted molar refractivity (Wildman–Crippen MR) is 129 cm³/mol. The van der Waals surface area contributed by atoms with E-state index in [1.165, 1.54) is 35.6 Å². The minimum absolute atomic E-state index is 0.176. The lowest BCUT2D eigenvalue weighted by Crippen LogP contribution is -2.46. The van der Waals surface area contributed by atoms with E-state index in [1.54, 1.807) is 6.07 Å². The smallest absolute Gasteiger partial charge is 0.296 e. The maximum absolute atomic E-state index is 12.4. The molecule has 1 aliphatic heterocycles. The summed E-state index contributed by atoms with van der Waals surface area (Å²) in [5.41, 5.74) is 1.34. The van der Waals surface area contributed by atoms with Crippen LogP contribution in [0.1, 0.15) is 12.0 Å². The zero-order chi connectivity index (χ0) is 23.2. The second-order valence-corrected chi connectivity index (χ2v) is 8.19. The van der Waals surface area contributed by atoms with Crippen molar-refractivity contribution in [3.63, 3.8) is 0 Å². The largest absolute Gasteiger partial charge is 0.496 e. The molecule has 0 atom stereocenters. The quantitative estimate of drug-likeness (QED) is 0.415. The number of amides is 1. The van der Waals surface area contributed by atoms with Crippen molar-refractivity contribution in [2.24, 2.45) is 0 Å². The minimum Gasteiger partial charge on any atom is -0.496 e. The lowest BCUT2D eigenvalue weighted by Gasteiger charge is -2.34. The number of ether oxygens (including phenoxy) is 1. The van der Waals surface area contributed by atoms with Crippen molar-refractivity contribution < 1.29 is 14.5 Å². The van der Waals surface area contributed by atoms with Gasteiger partial charge < -0.3 is 15.0 Å². The van der Waals surface area contributed by atoms with Gasteiger partial charge >= 0.3 is 0 Å². The van der Waals surface area contributed by atoms with E-state index in [4.69, 9.17) is 4.74 Å². The maximum atomic E-state index is 12.4. The summed E-state index contributed by atoms with van der Waals surface area (Å²) in [4.78, 5) is 27.9. The van der Waals surface area contributed by atoms with Gasteiger partial charge in [0.15, 0.2) is 0 Å². The fourth-order valence-electron chi connectivity index (χ4n) is 4.21. The van der Waals surface area contributed by atoms with Crippen LogP contribution in [0.5, 0.6) is 5.75 Å². The van der Waals surface area contributed by atoms with Crippen LogP contribution in [0.3, 0.4) is 0 Å². The average molecular weight is 449 g/mol. The molecule has 0 radical (unpaired) electrons. The highest BCUT2D eigenvalue weighted by molar-refractivity contribution is 5.93. The van der Waals surface area contributed by atoms with E-state index in [2.05, 4.69) is 57.6 Å². The van der Waals surface area contributed by atoms with Crippen molar-refractivity contribution in [1.29, 1.82) is 0 Å². The topological polar surface area (TPSA) is 88.0 Å². The SMILES string of the molecule is COc1ccc(NC(=O)CCN2CCN(Cc3cccc4ccccc34)CC2)c([N+](=O)[O-])c1. The molecular weight excluding hydrogens is 420 g/mol. The van der Waals surface area contributed by atoms with Crippen LogP contribution in [0.15, 0.2) is 60.7 Å². The number of carbonyl (C=O) groups is 1. The summed E-state index contributed by atoms with van der Waals surface area (Å²) in [6.07, 6.45) is 0.284.